The summed E-state index contributed by atoms with van der Waals surface area (Å²) in [5, 5.41) is 11.0. The van der Waals surface area contributed by atoms with Crippen molar-refractivity contribution >= 4 is 40.2 Å². The quantitative estimate of drug-likeness (QED) is 0.420. The van der Waals surface area contributed by atoms with Gasteiger partial charge >= 0.3 is 0 Å². The number of aromatic hydroxyl groups is 1. The van der Waals surface area contributed by atoms with Gasteiger partial charge in [-0.05, 0) is 44.3 Å². The molecule has 0 aliphatic rings. The number of alkyl halides is 1. The number of hydrogen-bond donors (Lipinski definition) is 2. The standard InChI is InChI=1S/C16H20BrF2NO5SSi/c1-27(2,3)25-15-13(21)14(11-9-10(18)5-6-12(11)19)24-16(15)20-26(22,23)8-4-7-17/h5-6,9,20-21H,4,7-8H2,1-3H3. The van der Waals surface area contributed by atoms with Crippen LogP contribution in [0.1, 0.15) is 6.42 Å². The molecule has 1 aromatic heterocycles. The van der Waals surface area contributed by atoms with Crippen LogP contribution in [0.4, 0.5) is 14.7 Å². The fourth-order valence-electron chi connectivity index (χ4n) is 2.17. The van der Waals surface area contributed by atoms with Crippen molar-refractivity contribution in [1.29, 1.82) is 0 Å². The highest BCUT2D eigenvalue weighted by Crippen LogP contribution is 2.48. The molecule has 11 heteroatoms. The summed E-state index contributed by atoms with van der Waals surface area (Å²) in [6.45, 7) is 5.43. The second-order valence-corrected chi connectivity index (χ2v) is 13.8. The Labute approximate surface area is 165 Å². The van der Waals surface area contributed by atoms with Crippen LogP contribution in [0, 0.1) is 11.6 Å². The molecule has 1 heterocycles. The maximum absolute atomic E-state index is 14.1. The third-order valence-corrected chi connectivity index (χ3v) is 5.92. The lowest BCUT2D eigenvalue weighted by atomic mass is 10.1. The van der Waals surface area contributed by atoms with Crippen molar-refractivity contribution in [3.63, 3.8) is 0 Å². The number of benzene rings is 1. The summed E-state index contributed by atoms with van der Waals surface area (Å²) < 4.78 is 65.3. The van der Waals surface area contributed by atoms with E-state index in [0.29, 0.717) is 11.8 Å². The normalized spacial score (nSPS) is 12.2. The van der Waals surface area contributed by atoms with Gasteiger partial charge in [-0.3, -0.25) is 0 Å². The predicted molar refractivity (Wildman–Crippen MR) is 106 cm³/mol. The fraction of sp³-hybridized carbons (Fsp3) is 0.375. The zero-order chi connectivity index (χ0) is 20.4. The average molecular weight is 484 g/mol. The molecule has 0 radical (unpaired) electrons. The van der Waals surface area contributed by atoms with Gasteiger partial charge in [0.25, 0.3) is 5.88 Å². The summed E-state index contributed by atoms with van der Waals surface area (Å²) in [5.74, 6) is -3.41. The van der Waals surface area contributed by atoms with E-state index >= 15 is 0 Å². The Bertz CT molecular complexity index is 928. The minimum absolute atomic E-state index is 0.199. The Morgan fingerprint density at radius 2 is 1.96 bits per heavy atom. The van der Waals surface area contributed by atoms with E-state index in [2.05, 4.69) is 20.7 Å². The molecular formula is C16H20BrF2NO5SSi. The van der Waals surface area contributed by atoms with E-state index in [4.69, 9.17) is 8.84 Å². The van der Waals surface area contributed by atoms with Crippen LogP contribution in [0.25, 0.3) is 11.3 Å². The number of halogens is 3. The van der Waals surface area contributed by atoms with Gasteiger partial charge in [-0.2, -0.15) is 0 Å². The number of nitrogens with one attached hydrogen (secondary N) is 1. The van der Waals surface area contributed by atoms with E-state index in [9.17, 15) is 22.3 Å². The van der Waals surface area contributed by atoms with Crippen molar-refractivity contribution in [3.05, 3.63) is 29.8 Å². The lowest BCUT2D eigenvalue weighted by Gasteiger charge is -2.19. The average Bonchev–Trinajstić information content (AvgIpc) is 2.82. The molecule has 2 rings (SSSR count). The molecule has 0 aliphatic heterocycles. The van der Waals surface area contributed by atoms with Gasteiger partial charge in [-0.1, -0.05) is 15.9 Å². The maximum Gasteiger partial charge on any atom is 0.252 e. The van der Waals surface area contributed by atoms with Crippen LogP contribution in [0.2, 0.25) is 19.6 Å². The van der Waals surface area contributed by atoms with Crippen LogP contribution >= 0.6 is 15.9 Å². The maximum atomic E-state index is 14.1. The molecule has 150 valence electrons. The molecule has 0 amide bonds. The van der Waals surface area contributed by atoms with Crippen molar-refractivity contribution < 1.29 is 31.1 Å². The number of hydrogen-bond acceptors (Lipinski definition) is 5. The van der Waals surface area contributed by atoms with Gasteiger partial charge in [-0.15, -0.1) is 0 Å². The van der Waals surface area contributed by atoms with Crippen LogP contribution in [0.3, 0.4) is 0 Å². The molecule has 0 atom stereocenters. The second kappa shape index (κ2) is 8.19. The third kappa shape index (κ3) is 5.69. The van der Waals surface area contributed by atoms with Gasteiger partial charge in [0.2, 0.25) is 29.8 Å². The molecule has 2 aromatic rings. The molecule has 0 fully saturated rings. The number of sulfonamides is 1. The molecule has 0 unspecified atom stereocenters. The van der Waals surface area contributed by atoms with Gasteiger partial charge in [0.15, 0.2) is 5.76 Å². The molecule has 0 saturated carbocycles. The predicted octanol–water partition coefficient (Wildman–Crippen LogP) is 4.67. The van der Waals surface area contributed by atoms with Crippen LogP contribution in [-0.4, -0.2) is 32.9 Å². The van der Waals surface area contributed by atoms with Crippen LogP contribution < -0.4 is 9.15 Å². The molecule has 0 bridgehead atoms. The van der Waals surface area contributed by atoms with E-state index in [1.54, 1.807) is 0 Å². The highest BCUT2D eigenvalue weighted by Gasteiger charge is 2.30. The SMILES string of the molecule is C[Si](C)(C)Oc1c(NS(=O)(=O)CCCBr)oc(-c2cc(F)ccc2F)c1O. The van der Waals surface area contributed by atoms with Crippen molar-refractivity contribution in [2.45, 2.75) is 26.1 Å². The lowest BCUT2D eigenvalue weighted by molar-refractivity contribution is 0.439. The van der Waals surface area contributed by atoms with Gasteiger partial charge in [0.05, 0.1) is 11.3 Å². The summed E-state index contributed by atoms with van der Waals surface area (Å²) in [7, 11) is -6.10. The summed E-state index contributed by atoms with van der Waals surface area (Å²) >= 11 is 3.15. The first-order valence-corrected chi connectivity index (χ1v) is 14.2. The van der Waals surface area contributed by atoms with Gasteiger partial charge < -0.3 is 13.9 Å². The minimum Gasteiger partial charge on any atom is -0.538 e. The van der Waals surface area contributed by atoms with Crippen molar-refractivity contribution in [1.82, 2.24) is 0 Å². The Morgan fingerprint density at radius 3 is 2.56 bits per heavy atom. The summed E-state index contributed by atoms with van der Waals surface area (Å²) in [4.78, 5) is 0. The monoisotopic (exact) mass is 483 g/mol. The highest BCUT2D eigenvalue weighted by molar-refractivity contribution is 9.09. The summed E-state index contributed by atoms with van der Waals surface area (Å²) in [6.07, 6.45) is 0.345. The molecular weight excluding hydrogens is 464 g/mol. The van der Waals surface area contributed by atoms with Crippen molar-refractivity contribution in [2.75, 3.05) is 15.8 Å². The van der Waals surface area contributed by atoms with Gasteiger partial charge in [0, 0.05) is 5.33 Å². The largest absolute Gasteiger partial charge is 0.538 e. The zero-order valence-electron chi connectivity index (χ0n) is 15.0. The van der Waals surface area contributed by atoms with E-state index in [-0.39, 0.29) is 22.9 Å². The lowest BCUT2D eigenvalue weighted by Crippen LogP contribution is -2.29. The Balaban J connectivity index is 2.56. The molecule has 0 saturated heterocycles. The van der Waals surface area contributed by atoms with Crippen LogP contribution in [-0.2, 0) is 10.0 Å². The molecule has 1 aromatic carbocycles. The Hall–Kier alpha value is -1.59. The highest BCUT2D eigenvalue weighted by atomic mass is 79.9. The summed E-state index contributed by atoms with van der Waals surface area (Å²) in [6, 6.07) is 2.64. The smallest absolute Gasteiger partial charge is 0.252 e. The first kappa shape index (κ1) is 21.7. The van der Waals surface area contributed by atoms with E-state index < -0.39 is 41.5 Å². The van der Waals surface area contributed by atoms with E-state index in [0.717, 1.165) is 18.2 Å². The Morgan fingerprint density at radius 1 is 1.30 bits per heavy atom. The third-order valence-electron chi connectivity index (χ3n) is 3.22. The van der Waals surface area contributed by atoms with Crippen LogP contribution in [0.15, 0.2) is 22.6 Å². The molecule has 0 spiro atoms. The van der Waals surface area contributed by atoms with Crippen LogP contribution in [0.5, 0.6) is 11.5 Å². The molecule has 27 heavy (non-hydrogen) atoms. The fourth-order valence-corrected chi connectivity index (χ4v) is 4.66. The van der Waals surface area contributed by atoms with E-state index in [1.165, 1.54) is 0 Å². The van der Waals surface area contributed by atoms with Gasteiger partial charge in [-0.25, -0.2) is 21.9 Å². The number of rotatable bonds is 8. The topological polar surface area (TPSA) is 88.8 Å². The van der Waals surface area contributed by atoms with Gasteiger partial charge in [0.1, 0.15) is 11.6 Å². The summed E-state index contributed by atoms with van der Waals surface area (Å²) in [5.41, 5.74) is -0.348. The Kier molecular flexibility index (Phi) is 6.58. The van der Waals surface area contributed by atoms with E-state index in [1.807, 2.05) is 19.6 Å². The number of anilines is 1. The van der Waals surface area contributed by atoms with Crippen molar-refractivity contribution in [3.8, 4) is 22.8 Å². The first-order chi connectivity index (χ1) is 12.4. The molecule has 2 N–H and O–H groups in total. The zero-order valence-corrected chi connectivity index (χ0v) is 18.4. The minimum atomic E-state index is -3.80. The molecule has 6 nitrogen and oxygen atoms in total. The first-order valence-electron chi connectivity index (χ1n) is 8.00. The molecule has 0 aliphatic carbocycles. The number of furan rings is 1. The second-order valence-electron chi connectivity index (χ2n) is 6.74. The van der Waals surface area contributed by atoms with Crippen molar-refractivity contribution in [2.24, 2.45) is 0 Å².